The van der Waals surface area contributed by atoms with Crippen molar-refractivity contribution in [2.45, 2.75) is 4.95 Å². The Balaban J connectivity index is 2.51. The third-order valence-corrected chi connectivity index (χ3v) is 1.58. The van der Waals surface area contributed by atoms with Crippen LogP contribution in [0, 0.1) is 0 Å². The lowest BCUT2D eigenvalue weighted by molar-refractivity contribution is 0.226. The molecule has 0 saturated carbocycles. The normalized spacial score (nSPS) is 28.5. The van der Waals surface area contributed by atoms with Gasteiger partial charge in [-0.05, 0) is 0 Å². The van der Waals surface area contributed by atoms with E-state index in [2.05, 4.69) is 21.2 Å². The van der Waals surface area contributed by atoms with Gasteiger partial charge in [-0.15, -0.1) is 0 Å². The highest BCUT2D eigenvalue weighted by Gasteiger charge is 2.22. The first kappa shape index (κ1) is 5.88. The largest absolute Gasteiger partial charge is 0.325 e. The van der Waals surface area contributed by atoms with Crippen LogP contribution in [0.15, 0.2) is 0 Å². The summed E-state index contributed by atoms with van der Waals surface area (Å²) in [5.74, 6) is 0. The Bertz CT molecular complexity index is 117. The van der Waals surface area contributed by atoms with E-state index in [1.54, 1.807) is 11.9 Å². The summed E-state index contributed by atoms with van der Waals surface area (Å²) >= 11 is 3.25. The summed E-state index contributed by atoms with van der Waals surface area (Å²) in [4.78, 5) is 12.3. The number of carbonyl (C=O) groups is 1. The molecule has 0 aliphatic carbocycles. The second-order valence-corrected chi connectivity index (χ2v) is 2.90. The summed E-state index contributed by atoms with van der Waals surface area (Å²) in [6.07, 6.45) is 0. The van der Waals surface area contributed by atoms with Crippen molar-refractivity contribution >= 4 is 22.0 Å². The fraction of sp³-hybridized carbons (Fsp3) is 0.750. The van der Waals surface area contributed by atoms with Crippen LogP contribution in [-0.2, 0) is 0 Å². The predicted octanol–water partition coefficient (Wildman–Crippen LogP) is 0.362. The molecule has 0 aromatic carbocycles. The van der Waals surface area contributed by atoms with Crippen LogP contribution in [0.1, 0.15) is 0 Å². The Morgan fingerprint density at radius 3 is 2.75 bits per heavy atom. The number of halogens is 1. The third kappa shape index (κ3) is 0.940. The Labute approximate surface area is 56.2 Å². The van der Waals surface area contributed by atoms with Crippen molar-refractivity contribution in [1.82, 2.24) is 10.2 Å². The minimum atomic E-state index is -0.00752. The lowest BCUT2D eigenvalue weighted by Crippen LogP contribution is -2.24. The molecule has 0 aromatic heterocycles. The molecule has 0 spiro atoms. The molecule has 1 saturated heterocycles. The molecule has 1 rings (SSSR count). The Kier molecular flexibility index (Phi) is 1.42. The molecule has 1 aliphatic heterocycles. The molecule has 3 nitrogen and oxygen atoms in total. The number of urea groups is 1. The van der Waals surface area contributed by atoms with Gasteiger partial charge in [-0.2, -0.15) is 0 Å². The zero-order valence-corrected chi connectivity index (χ0v) is 6.10. The molecule has 0 radical (unpaired) electrons. The minimum Gasteiger partial charge on any atom is -0.325 e. The van der Waals surface area contributed by atoms with Crippen LogP contribution < -0.4 is 5.32 Å². The van der Waals surface area contributed by atoms with Crippen molar-refractivity contribution < 1.29 is 4.79 Å². The summed E-state index contributed by atoms with van der Waals surface area (Å²) in [6.45, 7) is 0.749. The zero-order chi connectivity index (χ0) is 6.15. The van der Waals surface area contributed by atoms with Crippen molar-refractivity contribution in [1.29, 1.82) is 0 Å². The first-order valence-corrected chi connectivity index (χ1v) is 3.27. The molecule has 1 aliphatic rings. The smallest absolute Gasteiger partial charge is 0.318 e. The van der Waals surface area contributed by atoms with E-state index in [4.69, 9.17) is 0 Å². The van der Waals surface area contributed by atoms with Gasteiger partial charge in [0.05, 0.1) is 6.54 Å². The molecule has 1 N–H and O–H groups in total. The van der Waals surface area contributed by atoms with Crippen molar-refractivity contribution in [3.8, 4) is 0 Å². The number of likely N-dealkylation sites (N-methyl/N-ethyl adjacent to an activating group) is 1. The van der Waals surface area contributed by atoms with E-state index in [0.29, 0.717) is 0 Å². The molecular formula is C4H7BrN2O. The maximum absolute atomic E-state index is 10.6. The van der Waals surface area contributed by atoms with E-state index in [9.17, 15) is 4.79 Å². The van der Waals surface area contributed by atoms with E-state index in [0.717, 1.165) is 6.54 Å². The van der Waals surface area contributed by atoms with Crippen molar-refractivity contribution in [2.24, 2.45) is 0 Å². The van der Waals surface area contributed by atoms with Crippen LogP contribution in [0.4, 0.5) is 4.79 Å². The number of amides is 2. The molecule has 4 heteroatoms. The van der Waals surface area contributed by atoms with Gasteiger partial charge in [0.2, 0.25) is 0 Å². The lowest BCUT2D eigenvalue weighted by Gasteiger charge is -2.01. The van der Waals surface area contributed by atoms with Gasteiger partial charge < -0.3 is 10.2 Å². The van der Waals surface area contributed by atoms with Crippen LogP contribution in [0.5, 0.6) is 0 Å². The Hall–Kier alpha value is -0.250. The highest BCUT2D eigenvalue weighted by atomic mass is 79.9. The summed E-state index contributed by atoms with van der Waals surface area (Å²) < 4.78 is 0. The SMILES string of the molecule is CN1CC(Br)NC1=O. The van der Waals surface area contributed by atoms with Gasteiger partial charge in [0, 0.05) is 7.05 Å². The maximum atomic E-state index is 10.6. The van der Waals surface area contributed by atoms with Crippen LogP contribution in [0.2, 0.25) is 0 Å². The van der Waals surface area contributed by atoms with Crippen LogP contribution in [-0.4, -0.2) is 29.5 Å². The molecule has 46 valence electrons. The topological polar surface area (TPSA) is 32.3 Å². The Morgan fingerprint density at radius 2 is 2.62 bits per heavy atom. The van der Waals surface area contributed by atoms with Gasteiger partial charge in [-0.1, -0.05) is 15.9 Å². The average molecular weight is 179 g/mol. The highest BCUT2D eigenvalue weighted by Crippen LogP contribution is 2.05. The summed E-state index contributed by atoms with van der Waals surface area (Å²) in [5.41, 5.74) is 0. The molecule has 2 amide bonds. The molecule has 1 atom stereocenters. The predicted molar refractivity (Wildman–Crippen MR) is 33.9 cm³/mol. The monoisotopic (exact) mass is 178 g/mol. The average Bonchev–Trinajstić information content (AvgIpc) is 1.85. The molecule has 1 unspecified atom stereocenters. The zero-order valence-electron chi connectivity index (χ0n) is 4.52. The van der Waals surface area contributed by atoms with Crippen LogP contribution in [0.3, 0.4) is 0 Å². The van der Waals surface area contributed by atoms with E-state index in [1.165, 1.54) is 0 Å². The first-order chi connectivity index (χ1) is 3.70. The summed E-state index contributed by atoms with van der Waals surface area (Å²) in [5, 5.41) is 2.67. The lowest BCUT2D eigenvalue weighted by atomic mass is 10.7. The number of hydrogen-bond donors (Lipinski definition) is 1. The van der Waals surface area contributed by atoms with Gasteiger partial charge in [0.1, 0.15) is 4.95 Å². The number of nitrogens with zero attached hydrogens (tertiary/aromatic N) is 1. The molecule has 1 fully saturated rings. The number of rotatable bonds is 0. The molecule has 0 bridgehead atoms. The maximum Gasteiger partial charge on any atom is 0.318 e. The summed E-state index contributed by atoms with van der Waals surface area (Å²) in [7, 11) is 1.76. The summed E-state index contributed by atoms with van der Waals surface area (Å²) in [6, 6.07) is -0.00752. The van der Waals surface area contributed by atoms with Crippen molar-refractivity contribution in [3.05, 3.63) is 0 Å². The quantitative estimate of drug-likeness (QED) is 0.422. The second kappa shape index (κ2) is 1.93. The molecule has 8 heavy (non-hydrogen) atoms. The third-order valence-electron chi connectivity index (χ3n) is 1.06. The minimum absolute atomic E-state index is 0.00752. The van der Waals surface area contributed by atoms with Gasteiger partial charge in [-0.25, -0.2) is 4.79 Å². The Morgan fingerprint density at radius 1 is 2.00 bits per heavy atom. The van der Waals surface area contributed by atoms with Gasteiger partial charge in [-0.3, -0.25) is 0 Å². The fourth-order valence-electron chi connectivity index (χ4n) is 0.613. The second-order valence-electron chi connectivity index (χ2n) is 1.80. The molecular weight excluding hydrogens is 172 g/mol. The standard InChI is InChI=1S/C4H7BrN2O/c1-7-2-3(5)6-4(7)8/h3H,2H2,1H3,(H,6,8). The number of carbonyl (C=O) groups excluding carboxylic acids is 1. The van der Waals surface area contributed by atoms with E-state index < -0.39 is 0 Å². The van der Waals surface area contributed by atoms with E-state index in [1.807, 2.05) is 0 Å². The van der Waals surface area contributed by atoms with E-state index >= 15 is 0 Å². The first-order valence-electron chi connectivity index (χ1n) is 2.36. The van der Waals surface area contributed by atoms with Crippen molar-refractivity contribution in [3.63, 3.8) is 0 Å². The van der Waals surface area contributed by atoms with Crippen molar-refractivity contribution in [2.75, 3.05) is 13.6 Å². The van der Waals surface area contributed by atoms with Gasteiger partial charge >= 0.3 is 6.03 Å². The fourth-order valence-corrected chi connectivity index (χ4v) is 1.24. The van der Waals surface area contributed by atoms with Gasteiger partial charge in [0.25, 0.3) is 0 Å². The number of hydrogen-bond acceptors (Lipinski definition) is 1. The van der Waals surface area contributed by atoms with Gasteiger partial charge in [0.15, 0.2) is 0 Å². The van der Waals surface area contributed by atoms with Crippen LogP contribution in [0.25, 0.3) is 0 Å². The highest BCUT2D eigenvalue weighted by molar-refractivity contribution is 9.09. The number of nitrogens with one attached hydrogen (secondary N) is 1. The molecule has 1 heterocycles. The van der Waals surface area contributed by atoms with Crippen LogP contribution >= 0.6 is 15.9 Å². The molecule has 0 aromatic rings. The van der Waals surface area contributed by atoms with E-state index in [-0.39, 0.29) is 11.0 Å². The number of alkyl halides is 1.